The van der Waals surface area contributed by atoms with Crippen LogP contribution in [0.3, 0.4) is 0 Å². The molecule has 1 aromatic heterocycles. The zero-order valence-corrected chi connectivity index (χ0v) is 10.5. The summed E-state index contributed by atoms with van der Waals surface area (Å²) in [7, 11) is 0. The zero-order valence-electron chi connectivity index (χ0n) is 8.05. The largest absolute Gasteiger partial charge is 0.480 e. The molecule has 2 rings (SSSR count). The Kier molecular flexibility index (Phi) is 3.17. The van der Waals surface area contributed by atoms with Gasteiger partial charge in [-0.15, -0.1) is 0 Å². The van der Waals surface area contributed by atoms with E-state index >= 15 is 0 Å². The number of aliphatic carboxylic acids is 1. The van der Waals surface area contributed by atoms with E-state index in [1.807, 2.05) is 12.1 Å². The van der Waals surface area contributed by atoms with Crippen LogP contribution in [0, 0.1) is 0 Å². The van der Waals surface area contributed by atoms with Crippen molar-refractivity contribution in [3.63, 3.8) is 0 Å². The van der Waals surface area contributed by atoms with Crippen molar-refractivity contribution in [1.82, 2.24) is 8.75 Å². The summed E-state index contributed by atoms with van der Waals surface area (Å²) in [5.74, 6) is -1.01. The number of benzene rings is 1. The molecule has 2 aromatic rings. The predicted molar refractivity (Wildman–Crippen MR) is 64.4 cm³/mol. The van der Waals surface area contributed by atoms with Crippen LogP contribution < -0.4 is 5.73 Å². The Hall–Kier alpha value is -1.05. The minimum absolute atomic E-state index is 0.254. The molecule has 16 heavy (non-hydrogen) atoms. The minimum Gasteiger partial charge on any atom is -0.480 e. The first-order chi connectivity index (χ1) is 7.59. The van der Waals surface area contributed by atoms with Crippen molar-refractivity contribution in [2.24, 2.45) is 5.73 Å². The van der Waals surface area contributed by atoms with Crippen LogP contribution in [0.1, 0.15) is 5.56 Å². The number of carboxylic acids is 1. The topological polar surface area (TPSA) is 89.1 Å². The van der Waals surface area contributed by atoms with Gasteiger partial charge in [-0.3, -0.25) is 4.79 Å². The molecule has 3 N–H and O–H groups in total. The molecule has 0 aliphatic heterocycles. The van der Waals surface area contributed by atoms with Crippen molar-refractivity contribution in [3.8, 4) is 0 Å². The van der Waals surface area contributed by atoms with Crippen LogP contribution in [-0.2, 0) is 11.2 Å². The second-order valence-electron chi connectivity index (χ2n) is 3.32. The van der Waals surface area contributed by atoms with Crippen molar-refractivity contribution in [2.75, 3.05) is 0 Å². The molecule has 0 bridgehead atoms. The van der Waals surface area contributed by atoms with E-state index in [2.05, 4.69) is 24.7 Å². The summed E-state index contributed by atoms with van der Waals surface area (Å²) in [6.07, 6.45) is 0.254. The molecule has 0 aliphatic rings. The third-order valence-corrected chi connectivity index (χ3v) is 3.38. The van der Waals surface area contributed by atoms with Crippen molar-refractivity contribution in [2.45, 2.75) is 12.5 Å². The van der Waals surface area contributed by atoms with E-state index in [0.29, 0.717) is 0 Å². The number of hydrogen-bond donors (Lipinski definition) is 2. The summed E-state index contributed by atoms with van der Waals surface area (Å²) in [4.78, 5) is 10.7. The van der Waals surface area contributed by atoms with Crippen molar-refractivity contribution in [1.29, 1.82) is 0 Å². The summed E-state index contributed by atoms with van der Waals surface area (Å²) in [6.45, 7) is 0. The van der Waals surface area contributed by atoms with Crippen LogP contribution in [0.25, 0.3) is 11.0 Å². The molecule has 0 fully saturated rings. The Morgan fingerprint density at radius 1 is 1.50 bits per heavy atom. The van der Waals surface area contributed by atoms with E-state index in [0.717, 1.165) is 32.8 Å². The van der Waals surface area contributed by atoms with Gasteiger partial charge in [-0.1, -0.05) is 6.07 Å². The number of aromatic nitrogens is 2. The molecule has 0 unspecified atom stereocenters. The summed E-state index contributed by atoms with van der Waals surface area (Å²) in [5, 5.41) is 8.75. The molecular formula is C9H8BrN3O2S. The van der Waals surface area contributed by atoms with E-state index in [1.54, 1.807) is 0 Å². The fraction of sp³-hybridized carbons (Fsp3) is 0.222. The number of nitrogens with two attached hydrogens (primary N) is 1. The first-order valence-corrected chi connectivity index (χ1v) is 6.00. The van der Waals surface area contributed by atoms with E-state index in [-0.39, 0.29) is 6.42 Å². The quantitative estimate of drug-likeness (QED) is 0.895. The van der Waals surface area contributed by atoms with Gasteiger partial charge in [0.05, 0.1) is 11.7 Å². The van der Waals surface area contributed by atoms with Crippen LogP contribution in [0.4, 0.5) is 0 Å². The maximum atomic E-state index is 10.7. The summed E-state index contributed by atoms with van der Waals surface area (Å²) in [5.41, 5.74) is 7.77. The Balaban J connectivity index is 2.42. The third-order valence-electron chi connectivity index (χ3n) is 2.21. The van der Waals surface area contributed by atoms with Gasteiger partial charge in [-0.05, 0) is 27.6 Å². The Bertz CT molecular complexity index is 543. The number of rotatable bonds is 3. The Labute approximate surface area is 104 Å². The average Bonchev–Trinajstić information content (AvgIpc) is 2.71. The van der Waals surface area contributed by atoms with Gasteiger partial charge in [0, 0.05) is 10.9 Å². The predicted octanol–water partition coefficient (Wildman–Crippen LogP) is 1.41. The summed E-state index contributed by atoms with van der Waals surface area (Å²) < 4.78 is 9.12. The van der Waals surface area contributed by atoms with Crippen LogP contribution in [0.2, 0.25) is 0 Å². The molecule has 0 amide bonds. The molecule has 84 valence electrons. The lowest BCUT2D eigenvalue weighted by molar-refractivity contribution is -0.138. The van der Waals surface area contributed by atoms with Crippen LogP contribution in [0.15, 0.2) is 16.6 Å². The lowest BCUT2D eigenvalue weighted by Crippen LogP contribution is -2.32. The van der Waals surface area contributed by atoms with E-state index in [9.17, 15) is 4.79 Å². The summed E-state index contributed by atoms with van der Waals surface area (Å²) in [6, 6.07) is 2.73. The van der Waals surface area contributed by atoms with Gasteiger partial charge in [0.2, 0.25) is 0 Å². The van der Waals surface area contributed by atoms with Crippen molar-refractivity contribution in [3.05, 3.63) is 22.2 Å². The van der Waals surface area contributed by atoms with Crippen molar-refractivity contribution < 1.29 is 9.90 Å². The van der Waals surface area contributed by atoms with E-state index < -0.39 is 12.0 Å². The number of carbonyl (C=O) groups is 1. The molecule has 0 saturated heterocycles. The molecule has 1 atom stereocenters. The lowest BCUT2D eigenvalue weighted by Gasteiger charge is -2.06. The normalized spacial score (nSPS) is 12.9. The Morgan fingerprint density at radius 2 is 2.19 bits per heavy atom. The first kappa shape index (κ1) is 11.4. The molecular weight excluding hydrogens is 294 g/mol. The van der Waals surface area contributed by atoms with E-state index in [1.165, 1.54) is 0 Å². The van der Waals surface area contributed by atoms with Gasteiger partial charge in [0.15, 0.2) is 0 Å². The Morgan fingerprint density at radius 3 is 2.88 bits per heavy atom. The smallest absolute Gasteiger partial charge is 0.320 e. The fourth-order valence-electron chi connectivity index (χ4n) is 1.38. The standard InChI is InChI=1S/C9H8BrN3O2S/c10-5-2-1-4(3-6(11)9(14)15)7-8(5)13-16-12-7/h1-2,6H,3,11H2,(H,14,15)/t6-/m0/s1. The van der Waals surface area contributed by atoms with Gasteiger partial charge in [-0.25, -0.2) is 0 Å². The highest BCUT2D eigenvalue weighted by Crippen LogP contribution is 2.25. The zero-order chi connectivity index (χ0) is 11.7. The molecule has 1 aromatic carbocycles. The number of carboxylic acid groups (broad SMARTS) is 1. The van der Waals surface area contributed by atoms with Gasteiger partial charge in [0.1, 0.15) is 17.1 Å². The second-order valence-corrected chi connectivity index (χ2v) is 4.70. The highest BCUT2D eigenvalue weighted by molar-refractivity contribution is 9.10. The van der Waals surface area contributed by atoms with Gasteiger partial charge >= 0.3 is 5.97 Å². The lowest BCUT2D eigenvalue weighted by atomic mass is 10.1. The molecule has 1 heterocycles. The number of hydrogen-bond acceptors (Lipinski definition) is 5. The molecule has 0 aliphatic carbocycles. The maximum absolute atomic E-state index is 10.7. The minimum atomic E-state index is -1.01. The fourth-order valence-corrected chi connectivity index (χ4v) is 2.50. The van der Waals surface area contributed by atoms with Crippen molar-refractivity contribution >= 4 is 44.7 Å². The van der Waals surface area contributed by atoms with Crippen LogP contribution in [0.5, 0.6) is 0 Å². The molecule has 0 saturated carbocycles. The second kappa shape index (κ2) is 4.44. The highest BCUT2D eigenvalue weighted by Gasteiger charge is 2.16. The first-order valence-electron chi connectivity index (χ1n) is 4.47. The molecule has 7 heteroatoms. The van der Waals surface area contributed by atoms with Gasteiger partial charge < -0.3 is 10.8 Å². The molecule has 5 nitrogen and oxygen atoms in total. The monoisotopic (exact) mass is 301 g/mol. The molecule has 0 spiro atoms. The summed E-state index contributed by atoms with van der Waals surface area (Å²) >= 11 is 4.46. The number of nitrogens with zero attached hydrogens (tertiary/aromatic N) is 2. The highest BCUT2D eigenvalue weighted by atomic mass is 79.9. The van der Waals surface area contributed by atoms with Crippen LogP contribution in [-0.4, -0.2) is 25.9 Å². The number of fused-ring (bicyclic) bond motifs is 1. The van der Waals surface area contributed by atoms with Gasteiger partial charge in [0.25, 0.3) is 0 Å². The molecule has 0 radical (unpaired) electrons. The maximum Gasteiger partial charge on any atom is 0.320 e. The van der Waals surface area contributed by atoms with E-state index in [4.69, 9.17) is 10.8 Å². The average molecular weight is 302 g/mol. The third kappa shape index (κ3) is 2.06. The van der Waals surface area contributed by atoms with Gasteiger partial charge in [-0.2, -0.15) is 8.75 Å². The number of halogens is 1. The SMILES string of the molecule is N[C@@H](Cc1ccc(Br)c2nsnc12)C(=O)O. The van der Waals surface area contributed by atoms with Crippen LogP contribution >= 0.6 is 27.7 Å².